The summed E-state index contributed by atoms with van der Waals surface area (Å²) in [7, 11) is 0. The molecule has 7 nitrogen and oxygen atoms in total. The van der Waals surface area contributed by atoms with E-state index in [1.165, 1.54) is 18.2 Å². The molecule has 0 bridgehead atoms. The molecule has 1 aromatic carbocycles. The summed E-state index contributed by atoms with van der Waals surface area (Å²) in [6, 6.07) is 3.81. The Hall–Kier alpha value is -1.70. The zero-order valence-electron chi connectivity index (χ0n) is 10.6. The topological polar surface area (TPSA) is 93.5 Å². The van der Waals surface area contributed by atoms with Crippen LogP contribution in [0.5, 0.6) is 0 Å². The number of rotatable bonds is 4. The highest BCUT2D eigenvalue weighted by Crippen LogP contribution is 2.21. The Morgan fingerprint density at radius 2 is 2.40 bits per heavy atom. The minimum absolute atomic E-state index is 0.0326. The highest BCUT2D eigenvalue weighted by Gasteiger charge is 2.18. The zero-order chi connectivity index (χ0) is 14.5. The van der Waals surface area contributed by atoms with Crippen molar-refractivity contribution in [3.8, 4) is 0 Å². The summed E-state index contributed by atoms with van der Waals surface area (Å²) < 4.78 is 5.27. The predicted octanol–water partition coefficient (Wildman–Crippen LogP) is 0.966. The molecule has 1 aromatic rings. The van der Waals surface area contributed by atoms with Crippen molar-refractivity contribution in [1.29, 1.82) is 0 Å². The molecule has 1 atom stereocenters. The van der Waals surface area contributed by atoms with Gasteiger partial charge in [-0.15, -0.1) is 0 Å². The normalized spacial score (nSPS) is 18.6. The molecule has 2 rings (SSSR count). The molecule has 1 saturated heterocycles. The van der Waals surface area contributed by atoms with E-state index in [1.807, 2.05) is 0 Å². The van der Waals surface area contributed by atoms with Crippen molar-refractivity contribution >= 4 is 23.2 Å². The molecule has 0 aliphatic carbocycles. The van der Waals surface area contributed by atoms with Crippen LogP contribution in [-0.4, -0.2) is 43.2 Å². The lowest BCUT2D eigenvalue weighted by Gasteiger charge is -2.23. The number of morpholine rings is 1. The highest BCUT2D eigenvalue weighted by atomic mass is 35.5. The quantitative estimate of drug-likeness (QED) is 0.638. The fourth-order valence-electron chi connectivity index (χ4n) is 1.86. The van der Waals surface area contributed by atoms with Crippen molar-refractivity contribution in [2.75, 3.05) is 26.3 Å². The summed E-state index contributed by atoms with van der Waals surface area (Å²) in [4.78, 5) is 22.1. The van der Waals surface area contributed by atoms with Crippen molar-refractivity contribution < 1.29 is 14.5 Å². The van der Waals surface area contributed by atoms with Gasteiger partial charge < -0.3 is 15.4 Å². The van der Waals surface area contributed by atoms with Gasteiger partial charge in [0.1, 0.15) is 0 Å². The lowest BCUT2D eigenvalue weighted by Crippen LogP contribution is -2.48. The summed E-state index contributed by atoms with van der Waals surface area (Å²) in [5.41, 5.74) is -0.0729. The molecule has 2 N–H and O–H groups in total. The molecular formula is C12H14ClN3O4. The van der Waals surface area contributed by atoms with Crippen LogP contribution in [0, 0.1) is 10.1 Å². The van der Waals surface area contributed by atoms with E-state index in [0.717, 1.165) is 6.54 Å². The van der Waals surface area contributed by atoms with Crippen molar-refractivity contribution in [3.05, 3.63) is 38.9 Å². The van der Waals surface area contributed by atoms with Crippen LogP contribution >= 0.6 is 11.6 Å². The smallest absolute Gasteiger partial charge is 0.270 e. The monoisotopic (exact) mass is 299 g/mol. The van der Waals surface area contributed by atoms with Gasteiger partial charge in [0.15, 0.2) is 0 Å². The molecule has 0 radical (unpaired) electrons. The first-order valence-electron chi connectivity index (χ1n) is 6.11. The van der Waals surface area contributed by atoms with Crippen LogP contribution < -0.4 is 10.6 Å². The Bertz CT molecular complexity index is 517. The molecule has 0 aromatic heterocycles. The average Bonchev–Trinajstić information content (AvgIpc) is 2.46. The minimum Gasteiger partial charge on any atom is -0.378 e. The van der Waals surface area contributed by atoms with Crippen LogP contribution in [0.1, 0.15) is 10.4 Å². The molecule has 1 fully saturated rings. The van der Waals surface area contributed by atoms with Gasteiger partial charge in [0.2, 0.25) is 0 Å². The van der Waals surface area contributed by atoms with Crippen molar-refractivity contribution in [2.24, 2.45) is 0 Å². The number of halogens is 1. The molecule has 1 heterocycles. The molecule has 0 spiro atoms. The Morgan fingerprint density at radius 1 is 1.60 bits per heavy atom. The van der Waals surface area contributed by atoms with E-state index in [4.69, 9.17) is 16.3 Å². The standard InChI is InChI=1S/C12H14ClN3O4/c13-11-2-1-9(16(18)19)5-10(11)12(17)15-6-8-7-20-4-3-14-8/h1-2,5,8,14H,3-4,6-7H2,(H,15,17). The lowest BCUT2D eigenvalue weighted by molar-refractivity contribution is -0.384. The van der Waals surface area contributed by atoms with Gasteiger partial charge in [-0.25, -0.2) is 0 Å². The summed E-state index contributed by atoms with van der Waals surface area (Å²) in [6.45, 7) is 2.28. The van der Waals surface area contributed by atoms with Gasteiger partial charge in [0.05, 0.1) is 28.7 Å². The maximum Gasteiger partial charge on any atom is 0.270 e. The number of carbonyl (C=O) groups is 1. The lowest BCUT2D eigenvalue weighted by atomic mass is 10.2. The third kappa shape index (κ3) is 3.66. The summed E-state index contributed by atoms with van der Waals surface area (Å²) >= 11 is 5.89. The Labute approximate surface area is 120 Å². The Balaban J connectivity index is 2.00. The number of hydrogen-bond acceptors (Lipinski definition) is 5. The van der Waals surface area contributed by atoms with Gasteiger partial charge in [0, 0.05) is 31.3 Å². The van der Waals surface area contributed by atoms with Gasteiger partial charge in [-0.1, -0.05) is 11.6 Å². The maximum atomic E-state index is 12.0. The third-order valence-corrected chi connectivity index (χ3v) is 3.24. The van der Waals surface area contributed by atoms with Crippen molar-refractivity contribution in [2.45, 2.75) is 6.04 Å². The molecule has 108 valence electrons. The average molecular weight is 300 g/mol. The molecule has 1 aliphatic rings. The fraction of sp³-hybridized carbons (Fsp3) is 0.417. The number of nitrogens with zero attached hydrogens (tertiary/aromatic N) is 1. The number of amides is 1. The second-order valence-corrected chi connectivity index (χ2v) is 4.76. The van der Waals surface area contributed by atoms with Crippen LogP contribution in [0.2, 0.25) is 5.02 Å². The van der Waals surface area contributed by atoms with Crippen LogP contribution in [-0.2, 0) is 4.74 Å². The van der Waals surface area contributed by atoms with Crippen LogP contribution in [0.3, 0.4) is 0 Å². The molecular weight excluding hydrogens is 286 g/mol. The first-order valence-corrected chi connectivity index (χ1v) is 6.49. The molecule has 8 heteroatoms. The van der Waals surface area contributed by atoms with Gasteiger partial charge >= 0.3 is 0 Å². The molecule has 1 amide bonds. The van der Waals surface area contributed by atoms with Crippen molar-refractivity contribution in [1.82, 2.24) is 10.6 Å². The van der Waals surface area contributed by atoms with E-state index in [1.54, 1.807) is 0 Å². The Morgan fingerprint density at radius 3 is 3.05 bits per heavy atom. The molecule has 0 saturated carbocycles. The van der Waals surface area contributed by atoms with Crippen LogP contribution in [0.25, 0.3) is 0 Å². The third-order valence-electron chi connectivity index (χ3n) is 2.91. The predicted molar refractivity (Wildman–Crippen MR) is 73.0 cm³/mol. The van der Waals surface area contributed by atoms with E-state index in [0.29, 0.717) is 19.8 Å². The SMILES string of the molecule is O=C(NCC1COCCN1)c1cc([N+](=O)[O-])ccc1Cl. The summed E-state index contributed by atoms with van der Waals surface area (Å²) in [5.74, 6) is -0.439. The van der Waals surface area contributed by atoms with Crippen LogP contribution in [0.4, 0.5) is 5.69 Å². The Kier molecular flexibility index (Phi) is 4.89. The number of nitro groups is 1. The largest absolute Gasteiger partial charge is 0.378 e. The van der Waals surface area contributed by atoms with Crippen LogP contribution in [0.15, 0.2) is 18.2 Å². The summed E-state index contributed by atoms with van der Waals surface area (Å²) in [5, 5.41) is 16.8. The molecule has 1 unspecified atom stereocenters. The second kappa shape index (κ2) is 6.65. The van der Waals surface area contributed by atoms with E-state index < -0.39 is 10.8 Å². The highest BCUT2D eigenvalue weighted by molar-refractivity contribution is 6.33. The van der Waals surface area contributed by atoms with E-state index in [-0.39, 0.29) is 22.3 Å². The number of carbonyl (C=O) groups excluding carboxylic acids is 1. The number of benzene rings is 1. The first kappa shape index (κ1) is 14.7. The fourth-order valence-corrected chi connectivity index (χ4v) is 2.07. The molecule has 20 heavy (non-hydrogen) atoms. The number of hydrogen-bond donors (Lipinski definition) is 2. The number of non-ortho nitro benzene ring substituents is 1. The van der Waals surface area contributed by atoms with Gasteiger partial charge in [0.25, 0.3) is 11.6 Å². The van der Waals surface area contributed by atoms with E-state index in [2.05, 4.69) is 10.6 Å². The second-order valence-electron chi connectivity index (χ2n) is 4.36. The van der Waals surface area contributed by atoms with Gasteiger partial charge in [-0.05, 0) is 6.07 Å². The maximum absolute atomic E-state index is 12.0. The minimum atomic E-state index is -0.566. The van der Waals surface area contributed by atoms with Crippen molar-refractivity contribution in [3.63, 3.8) is 0 Å². The summed E-state index contributed by atoms with van der Waals surface area (Å²) in [6.07, 6.45) is 0. The van der Waals surface area contributed by atoms with Gasteiger partial charge in [-0.3, -0.25) is 14.9 Å². The first-order chi connectivity index (χ1) is 9.58. The number of nitro benzene ring substituents is 1. The van der Waals surface area contributed by atoms with Gasteiger partial charge in [-0.2, -0.15) is 0 Å². The van der Waals surface area contributed by atoms with E-state index >= 15 is 0 Å². The number of ether oxygens (including phenoxy) is 1. The number of nitrogens with one attached hydrogen (secondary N) is 2. The molecule has 1 aliphatic heterocycles. The van der Waals surface area contributed by atoms with E-state index in [9.17, 15) is 14.9 Å². The zero-order valence-corrected chi connectivity index (χ0v) is 11.4.